The zero-order valence-corrected chi connectivity index (χ0v) is 30.3. The molecule has 0 aromatic rings. The van der Waals surface area contributed by atoms with Crippen molar-refractivity contribution in [3.8, 4) is 0 Å². The summed E-state index contributed by atoms with van der Waals surface area (Å²) in [7, 11) is 1.57. The number of aliphatic hydroxyl groups excluding tert-OH is 1. The van der Waals surface area contributed by atoms with E-state index in [1.54, 1.807) is 6.08 Å². The third kappa shape index (κ3) is 29.9. The van der Waals surface area contributed by atoms with Gasteiger partial charge in [-0.05, 0) is 19.3 Å². The Labute approximate surface area is 272 Å². The molecule has 8 nitrogen and oxygen atoms in total. The minimum Gasteiger partial charge on any atom is -0.387 e. The average molecular weight is 648 g/mol. The third-order valence-corrected chi connectivity index (χ3v) is 8.96. The summed E-state index contributed by atoms with van der Waals surface area (Å²) in [6, 6.07) is -0.835. The van der Waals surface area contributed by atoms with Gasteiger partial charge in [-0.2, -0.15) is 0 Å². The number of phosphoric acid groups is 1. The molecular weight excluding hydrogens is 575 g/mol. The molecule has 1 amide bonds. The molecule has 0 saturated heterocycles. The van der Waals surface area contributed by atoms with E-state index in [0.717, 1.165) is 19.3 Å². The van der Waals surface area contributed by atoms with E-state index in [1.165, 1.54) is 109 Å². The molecule has 0 aliphatic heterocycles. The van der Waals surface area contributed by atoms with Crippen molar-refractivity contribution in [3.05, 3.63) is 12.2 Å². The van der Waals surface area contributed by atoms with Gasteiger partial charge in [-0.25, -0.2) is 4.57 Å². The van der Waals surface area contributed by atoms with E-state index in [0.29, 0.717) is 23.9 Å². The van der Waals surface area contributed by atoms with Crippen molar-refractivity contribution in [2.45, 2.75) is 167 Å². The van der Waals surface area contributed by atoms with Gasteiger partial charge in [0.25, 0.3) is 0 Å². The molecule has 0 aromatic heterocycles. The van der Waals surface area contributed by atoms with Crippen molar-refractivity contribution in [2.24, 2.45) is 0 Å². The van der Waals surface area contributed by atoms with E-state index in [1.807, 2.05) is 34.1 Å². The summed E-state index contributed by atoms with van der Waals surface area (Å²) in [4.78, 5) is 22.2. The van der Waals surface area contributed by atoms with Crippen LogP contribution in [0.1, 0.15) is 155 Å². The van der Waals surface area contributed by atoms with Gasteiger partial charge in [-0.1, -0.05) is 142 Å². The van der Waals surface area contributed by atoms with Crippen LogP contribution in [-0.2, 0) is 18.4 Å². The second-order valence-electron chi connectivity index (χ2n) is 13.6. The standard InChI is InChI=1S/C35H71N2O6P/c1-6-8-9-10-11-12-13-14-15-16-17-18-19-20-21-22-23-24-25-26-27-29-34(38)33(36-35(39)28-7-2)32-43-44(40,41)42-31-30-37(3,4)5/h27,29,33-34,38H,6-26,28,30-32H2,1-5H3,(H-,36,39,40,41)/p+1/b29-27+. The van der Waals surface area contributed by atoms with Gasteiger partial charge < -0.3 is 19.8 Å². The number of nitrogens with zero attached hydrogens (tertiary/aromatic N) is 1. The van der Waals surface area contributed by atoms with Crippen LogP contribution in [0.15, 0.2) is 12.2 Å². The second kappa shape index (κ2) is 28.5. The Bertz CT molecular complexity index is 743. The number of amides is 1. The van der Waals surface area contributed by atoms with Gasteiger partial charge in [0.15, 0.2) is 0 Å². The number of unbranched alkanes of at least 4 members (excludes halogenated alkanes) is 19. The molecule has 0 heterocycles. The van der Waals surface area contributed by atoms with Gasteiger partial charge in [0.05, 0.1) is 39.9 Å². The summed E-state index contributed by atoms with van der Waals surface area (Å²) < 4.78 is 23.1. The van der Waals surface area contributed by atoms with Crippen molar-refractivity contribution in [1.82, 2.24) is 5.32 Å². The number of carbonyl (C=O) groups is 1. The summed E-state index contributed by atoms with van der Waals surface area (Å²) in [6.07, 6.45) is 30.0. The zero-order chi connectivity index (χ0) is 32.9. The number of hydrogen-bond donors (Lipinski definition) is 3. The van der Waals surface area contributed by atoms with E-state index < -0.39 is 20.0 Å². The van der Waals surface area contributed by atoms with Gasteiger partial charge >= 0.3 is 7.82 Å². The largest absolute Gasteiger partial charge is 0.472 e. The Morgan fingerprint density at radius 2 is 1.20 bits per heavy atom. The van der Waals surface area contributed by atoms with Crippen LogP contribution in [0.5, 0.6) is 0 Å². The first-order chi connectivity index (χ1) is 21.0. The number of rotatable bonds is 32. The summed E-state index contributed by atoms with van der Waals surface area (Å²) in [5.41, 5.74) is 0. The molecule has 0 aromatic carbocycles. The molecule has 0 aliphatic rings. The Hall–Kier alpha value is -0.760. The third-order valence-electron chi connectivity index (χ3n) is 7.98. The van der Waals surface area contributed by atoms with Gasteiger partial charge in [-0.15, -0.1) is 0 Å². The van der Waals surface area contributed by atoms with E-state index in [4.69, 9.17) is 9.05 Å². The fraction of sp³-hybridized carbons (Fsp3) is 0.914. The maximum absolute atomic E-state index is 12.3. The Balaban J connectivity index is 3.99. The van der Waals surface area contributed by atoms with E-state index >= 15 is 0 Å². The minimum atomic E-state index is -4.30. The lowest BCUT2D eigenvalue weighted by Gasteiger charge is -2.25. The van der Waals surface area contributed by atoms with E-state index in [2.05, 4.69) is 12.2 Å². The number of aliphatic hydroxyl groups is 1. The first-order valence-corrected chi connectivity index (χ1v) is 19.6. The highest BCUT2D eigenvalue weighted by Crippen LogP contribution is 2.43. The molecule has 0 saturated carbocycles. The molecule has 0 bridgehead atoms. The molecular formula is C35H72N2O6P+. The van der Waals surface area contributed by atoms with Gasteiger partial charge in [0.1, 0.15) is 13.2 Å². The molecule has 0 radical (unpaired) electrons. The quantitative estimate of drug-likeness (QED) is 0.0292. The van der Waals surface area contributed by atoms with Crippen molar-refractivity contribution in [2.75, 3.05) is 40.9 Å². The minimum absolute atomic E-state index is 0.0615. The van der Waals surface area contributed by atoms with E-state index in [9.17, 15) is 19.4 Å². The fourth-order valence-electron chi connectivity index (χ4n) is 5.08. The Morgan fingerprint density at radius 1 is 0.750 bits per heavy atom. The lowest BCUT2D eigenvalue weighted by atomic mass is 10.0. The normalized spacial score (nSPS) is 15.0. The number of carbonyl (C=O) groups excluding carboxylic acids is 1. The highest BCUT2D eigenvalue weighted by Gasteiger charge is 2.27. The average Bonchev–Trinajstić information content (AvgIpc) is 2.95. The number of allylic oxidation sites excluding steroid dienone is 1. The summed E-state index contributed by atoms with van der Waals surface area (Å²) >= 11 is 0. The molecule has 9 heteroatoms. The van der Waals surface area contributed by atoms with Crippen LogP contribution < -0.4 is 5.32 Å². The maximum atomic E-state index is 12.3. The van der Waals surface area contributed by atoms with Crippen molar-refractivity contribution < 1.29 is 32.9 Å². The molecule has 44 heavy (non-hydrogen) atoms. The van der Waals surface area contributed by atoms with Gasteiger partial charge in [0, 0.05) is 6.42 Å². The van der Waals surface area contributed by atoms with E-state index in [-0.39, 0.29) is 19.1 Å². The van der Waals surface area contributed by atoms with Gasteiger partial charge in [0.2, 0.25) is 5.91 Å². The predicted molar refractivity (Wildman–Crippen MR) is 185 cm³/mol. The number of quaternary nitrogens is 1. The molecule has 0 rings (SSSR count). The Kier molecular flexibility index (Phi) is 28.0. The van der Waals surface area contributed by atoms with Crippen LogP contribution in [0.25, 0.3) is 0 Å². The molecule has 262 valence electrons. The fourth-order valence-corrected chi connectivity index (χ4v) is 5.82. The van der Waals surface area contributed by atoms with Gasteiger partial charge in [-0.3, -0.25) is 13.8 Å². The molecule has 0 spiro atoms. The van der Waals surface area contributed by atoms with Crippen molar-refractivity contribution >= 4 is 13.7 Å². The van der Waals surface area contributed by atoms with Crippen molar-refractivity contribution in [3.63, 3.8) is 0 Å². The van der Waals surface area contributed by atoms with Crippen LogP contribution in [0.2, 0.25) is 0 Å². The number of likely N-dealkylation sites (N-methyl/N-ethyl adjacent to an activating group) is 1. The highest BCUT2D eigenvalue weighted by atomic mass is 31.2. The van der Waals surface area contributed by atoms with Crippen LogP contribution in [-0.4, -0.2) is 73.4 Å². The van der Waals surface area contributed by atoms with Crippen LogP contribution in [0.4, 0.5) is 0 Å². The number of phosphoric ester groups is 1. The first-order valence-electron chi connectivity index (χ1n) is 18.1. The molecule has 0 aliphatic carbocycles. The topological polar surface area (TPSA) is 105 Å². The van der Waals surface area contributed by atoms with Crippen LogP contribution in [0, 0.1) is 0 Å². The maximum Gasteiger partial charge on any atom is 0.472 e. The lowest BCUT2D eigenvalue weighted by molar-refractivity contribution is -0.870. The smallest absolute Gasteiger partial charge is 0.387 e. The monoisotopic (exact) mass is 648 g/mol. The SMILES string of the molecule is CCCCCCCCCCCCCCCCCCCCC/C=C/C(O)C(COP(=O)(O)OCC[N+](C)(C)C)NC(=O)CCC. The van der Waals surface area contributed by atoms with Crippen molar-refractivity contribution in [1.29, 1.82) is 0 Å². The molecule has 3 unspecified atom stereocenters. The zero-order valence-electron chi connectivity index (χ0n) is 29.4. The molecule has 0 fully saturated rings. The highest BCUT2D eigenvalue weighted by molar-refractivity contribution is 7.47. The summed E-state index contributed by atoms with van der Waals surface area (Å²) in [5.74, 6) is -0.230. The summed E-state index contributed by atoms with van der Waals surface area (Å²) in [5, 5.41) is 13.4. The predicted octanol–water partition coefficient (Wildman–Crippen LogP) is 8.85. The molecule has 3 atom stereocenters. The number of hydrogen-bond acceptors (Lipinski definition) is 5. The molecule has 3 N–H and O–H groups in total. The number of nitrogens with one attached hydrogen (secondary N) is 1. The lowest BCUT2D eigenvalue weighted by Crippen LogP contribution is -2.45. The van der Waals surface area contributed by atoms with Crippen LogP contribution >= 0.6 is 7.82 Å². The Morgan fingerprint density at radius 3 is 1.64 bits per heavy atom. The summed E-state index contributed by atoms with van der Waals surface area (Å²) in [6.45, 7) is 4.45. The first kappa shape index (κ1) is 43.2. The van der Waals surface area contributed by atoms with Crippen LogP contribution in [0.3, 0.4) is 0 Å². The second-order valence-corrected chi connectivity index (χ2v) is 15.1.